The molecule has 3 heterocycles. The predicted octanol–water partition coefficient (Wildman–Crippen LogP) is 3.55. The summed E-state index contributed by atoms with van der Waals surface area (Å²) in [6.45, 7) is 1.95. The number of nitrogens with one attached hydrogen (secondary N) is 3. The van der Waals surface area contributed by atoms with Gasteiger partial charge in [0.2, 0.25) is 0 Å². The molecule has 1 aliphatic carbocycles. The number of fused-ring (bicyclic) bond motifs is 1. The van der Waals surface area contributed by atoms with E-state index in [-0.39, 0.29) is 17.9 Å². The molecule has 4 rings (SSSR count). The van der Waals surface area contributed by atoms with Gasteiger partial charge in [0.1, 0.15) is 11.6 Å². The summed E-state index contributed by atoms with van der Waals surface area (Å²) in [5.41, 5.74) is 1.83. The van der Waals surface area contributed by atoms with Crippen LogP contribution in [0.3, 0.4) is 0 Å². The molecule has 1 saturated carbocycles. The summed E-state index contributed by atoms with van der Waals surface area (Å²) in [5.74, 6) is 2.09. The summed E-state index contributed by atoms with van der Waals surface area (Å²) in [5, 5.41) is 14.9. The van der Waals surface area contributed by atoms with Crippen molar-refractivity contribution in [1.29, 1.82) is 0 Å². The predicted molar refractivity (Wildman–Crippen MR) is 108 cm³/mol. The number of carbonyl (C=O) groups is 1. The second-order valence-corrected chi connectivity index (χ2v) is 7.20. The maximum Gasteiger partial charge on any atom is 0.308 e. The highest BCUT2D eigenvalue weighted by Gasteiger charge is 2.27. The molecule has 0 bridgehead atoms. The van der Waals surface area contributed by atoms with Crippen molar-refractivity contribution < 1.29 is 9.53 Å². The molecule has 0 atom stereocenters. The second kappa shape index (κ2) is 7.84. The minimum absolute atomic E-state index is 0.00493. The van der Waals surface area contributed by atoms with Crippen molar-refractivity contribution in [2.75, 3.05) is 17.7 Å². The minimum atomic E-state index is -0.105. The van der Waals surface area contributed by atoms with Crippen molar-refractivity contribution in [3.8, 4) is 0 Å². The Labute approximate surface area is 163 Å². The largest absolute Gasteiger partial charge is 0.469 e. The fourth-order valence-corrected chi connectivity index (χ4v) is 3.70. The average Bonchev–Trinajstić information content (AvgIpc) is 3.12. The Hall–Kier alpha value is -3.16. The minimum Gasteiger partial charge on any atom is -0.469 e. The first kappa shape index (κ1) is 18.2. The Morgan fingerprint density at radius 2 is 2.04 bits per heavy atom. The first-order chi connectivity index (χ1) is 13.6. The van der Waals surface area contributed by atoms with Gasteiger partial charge in [-0.1, -0.05) is 0 Å². The number of aromatic nitrogens is 4. The zero-order valence-corrected chi connectivity index (χ0v) is 16.0. The SMILES string of the molecule is COC(=O)C1CCC(Nc2nc(Nc3cc(C)[nH]n3)cc3ncccc23)CC1. The van der Waals surface area contributed by atoms with Gasteiger partial charge in [-0.25, -0.2) is 4.98 Å². The van der Waals surface area contributed by atoms with Gasteiger partial charge in [-0.15, -0.1) is 0 Å². The summed E-state index contributed by atoms with van der Waals surface area (Å²) >= 11 is 0. The number of ether oxygens (including phenoxy) is 1. The molecule has 28 heavy (non-hydrogen) atoms. The molecule has 0 saturated heterocycles. The van der Waals surface area contributed by atoms with Crippen LogP contribution in [0, 0.1) is 12.8 Å². The second-order valence-electron chi connectivity index (χ2n) is 7.20. The van der Waals surface area contributed by atoms with Crippen LogP contribution in [0.15, 0.2) is 30.5 Å². The highest BCUT2D eigenvalue weighted by Crippen LogP contribution is 2.30. The van der Waals surface area contributed by atoms with E-state index in [4.69, 9.17) is 9.72 Å². The summed E-state index contributed by atoms with van der Waals surface area (Å²) in [7, 11) is 1.45. The van der Waals surface area contributed by atoms with Crippen LogP contribution >= 0.6 is 0 Å². The Bertz CT molecular complexity index is 978. The van der Waals surface area contributed by atoms with Crippen LogP contribution in [0.4, 0.5) is 17.5 Å². The summed E-state index contributed by atoms with van der Waals surface area (Å²) in [6, 6.07) is 8.03. The molecule has 0 spiro atoms. The topological polar surface area (TPSA) is 105 Å². The Morgan fingerprint density at radius 1 is 1.21 bits per heavy atom. The van der Waals surface area contributed by atoms with Gasteiger partial charge in [-0.05, 0) is 44.7 Å². The van der Waals surface area contributed by atoms with E-state index in [0.29, 0.717) is 11.6 Å². The third-order valence-electron chi connectivity index (χ3n) is 5.16. The van der Waals surface area contributed by atoms with E-state index in [0.717, 1.165) is 48.1 Å². The first-order valence-corrected chi connectivity index (χ1v) is 9.51. The Kier molecular flexibility index (Phi) is 5.10. The highest BCUT2D eigenvalue weighted by atomic mass is 16.5. The van der Waals surface area contributed by atoms with Crippen LogP contribution in [0.25, 0.3) is 10.9 Å². The van der Waals surface area contributed by atoms with E-state index in [1.807, 2.05) is 31.2 Å². The van der Waals surface area contributed by atoms with Gasteiger partial charge in [-0.3, -0.25) is 14.9 Å². The average molecular weight is 380 g/mol. The van der Waals surface area contributed by atoms with Gasteiger partial charge >= 0.3 is 5.97 Å². The number of carbonyl (C=O) groups excluding carboxylic acids is 1. The monoisotopic (exact) mass is 380 g/mol. The van der Waals surface area contributed by atoms with Crippen molar-refractivity contribution >= 4 is 34.3 Å². The van der Waals surface area contributed by atoms with Gasteiger partial charge in [0.25, 0.3) is 0 Å². The summed E-state index contributed by atoms with van der Waals surface area (Å²) in [6.07, 6.45) is 5.23. The van der Waals surface area contributed by atoms with Crippen LogP contribution in [0.2, 0.25) is 0 Å². The molecule has 3 N–H and O–H groups in total. The van der Waals surface area contributed by atoms with Crippen molar-refractivity contribution in [2.45, 2.75) is 38.6 Å². The van der Waals surface area contributed by atoms with Crippen molar-refractivity contribution in [3.63, 3.8) is 0 Å². The van der Waals surface area contributed by atoms with E-state index < -0.39 is 0 Å². The number of anilines is 3. The number of esters is 1. The lowest BCUT2D eigenvalue weighted by atomic mass is 9.86. The van der Waals surface area contributed by atoms with Crippen molar-refractivity contribution in [3.05, 3.63) is 36.2 Å². The highest BCUT2D eigenvalue weighted by molar-refractivity contribution is 5.91. The lowest BCUT2D eigenvalue weighted by Crippen LogP contribution is -2.30. The first-order valence-electron chi connectivity index (χ1n) is 9.51. The fraction of sp³-hybridized carbons (Fsp3) is 0.400. The van der Waals surface area contributed by atoms with Gasteiger partial charge in [-0.2, -0.15) is 5.10 Å². The van der Waals surface area contributed by atoms with E-state index in [1.54, 1.807) is 6.20 Å². The van der Waals surface area contributed by atoms with Crippen LogP contribution in [0.1, 0.15) is 31.4 Å². The molecule has 0 amide bonds. The lowest BCUT2D eigenvalue weighted by Gasteiger charge is -2.28. The van der Waals surface area contributed by atoms with Crippen LogP contribution in [-0.4, -0.2) is 39.3 Å². The molecule has 8 nitrogen and oxygen atoms in total. The number of pyridine rings is 2. The van der Waals surface area contributed by atoms with Crippen LogP contribution < -0.4 is 10.6 Å². The molecular formula is C20H24N6O2. The summed E-state index contributed by atoms with van der Waals surface area (Å²) < 4.78 is 4.88. The Balaban J connectivity index is 1.55. The molecule has 1 aliphatic rings. The van der Waals surface area contributed by atoms with Gasteiger partial charge in [0.05, 0.1) is 18.5 Å². The number of methoxy groups -OCH3 is 1. The van der Waals surface area contributed by atoms with Crippen LogP contribution in [0.5, 0.6) is 0 Å². The van der Waals surface area contributed by atoms with Crippen molar-refractivity contribution in [1.82, 2.24) is 20.2 Å². The zero-order valence-electron chi connectivity index (χ0n) is 16.0. The molecule has 0 unspecified atom stereocenters. The number of H-pyrrole nitrogens is 1. The maximum atomic E-state index is 11.7. The third kappa shape index (κ3) is 3.90. The summed E-state index contributed by atoms with van der Waals surface area (Å²) in [4.78, 5) is 21.0. The fourth-order valence-electron chi connectivity index (χ4n) is 3.70. The molecule has 0 aromatic carbocycles. The Morgan fingerprint density at radius 3 is 2.75 bits per heavy atom. The number of rotatable bonds is 5. The number of hydrogen-bond donors (Lipinski definition) is 3. The molecule has 3 aromatic rings. The standard InChI is InChI=1S/C20H24N6O2/c1-12-10-18(26-25-12)23-17-11-16-15(4-3-9-21-16)19(24-17)22-14-7-5-13(6-8-14)20(27)28-2/h3-4,9-11,13-14H,5-8H2,1-2H3,(H3,22,23,24,25,26). The quantitative estimate of drug-likeness (QED) is 0.581. The molecular weight excluding hydrogens is 356 g/mol. The molecule has 1 fully saturated rings. The lowest BCUT2D eigenvalue weighted by molar-refractivity contribution is -0.146. The molecule has 8 heteroatoms. The number of nitrogens with zero attached hydrogens (tertiary/aromatic N) is 3. The van der Waals surface area contributed by atoms with Gasteiger partial charge in [0.15, 0.2) is 5.82 Å². The number of aryl methyl sites for hydroxylation is 1. The van der Waals surface area contributed by atoms with E-state index in [1.165, 1.54) is 7.11 Å². The maximum absolute atomic E-state index is 11.7. The van der Waals surface area contributed by atoms with Crippen molar-refractivity contribution in [2.24, 2.45) is 5.92 Å². The molecule has 0 radical (unpaired) electrons. The smallest absolute Gasteiger partial charge is 0.308 e. The van der Waals surface area contributed by atoms with Crippen LogP contribution in [-0.2, 0) is 9.53 Å². The van der Waals surface area contributed by atoms with E-state index in [9.17, 15) is 4.79 Å². The molecule has 146 valence electrons. The number of hydrogen-bond acceptors (Lipinski definition) is 7. The molecule has 3 aromatic heterocycles. The molecule has 0 aliphatic heterocycles. The third-order valence-corrected chi connectivity index (χ3v) is 5.16. The van der Waals surface area contributed by atoms with E-state index in [2.05, 4.69) is 25.8 Å². The van der Waals surface area contributed by atoms with Gasteiger partial charge in [0, 0.05) is 35.5 Å². The van der Waals surface area contributed by atoms with E-state index >= 15 is 0 Å². The van der Waals surface area contributed by atoms with Gasteiger partial charge < -0.3 is 15.4 Å². The normalized spacial score (nSPS) is 19.4. The number of aromatic amines is 1. The zero-order chi connectivity index (χ0) is 19.5.